The van der Waals surface area contributed by atoms with Crippen molar-refractivity contribution in [3.63, 3.8) is 0 Å². The molecule has 1 unspecified atom stereocenters. The summed E-state index contributed by atoms with van der Waals surface area (Å²) in [6.07, 6.45) is 1.58. The van der Waals surface area contributed by atoms with E-state index in [1.807, 2.05) is 24.3 Å². The molecular weight excluding hydrogens is 292 g/mol. The van der Waals surface area contributed by atoms with Crippen LogP contribution >= 0.6 is 11.6 Å². The van der Waals surface area contributed by atoms with Gasteiger partial charge in [-0.3, -0.25) is 4.79 Å². The van der Waals surface area contributed by atoms with Crippen LogP contribution in [0.15, 0.2) is 30.5 Å². The van der Waals surface area contributed by atoms with Gasteiger partial charge in [-0.1, -0.05) is 28.9 Å². The van der Waals surface area contributed by atoms with Gasteiger partial charge in [0.05, 0.1) is 12.3 Å². The van der Waals surface area contributed by atoms with Crippen molar-refractivity contribution in [1.82, 2.24) is 20.3 Å². The number of carbonyl (C=O) groups is 1. The molecule has 0 fully saturated rings. The minimum atomic E-state index is -0.690. The predicted molar refractivity (Wildman–Crippen MR) is 78.8 cm³/mol. The number of nitrogens with one attached hydrogen (secondary N) is 1. The minimum Gasteiger partial charge on any atom is -0.387 e. The standard InChI is InChI=1S/C14H17ClN4O2/c1-10(20)13-8-19(18-17-13)9-14(21)16-6-5-11-3-2-4-12(15)7-11/h2-4,7-8,10,20H,5-6,9H2,1H3,(H,16,21). The van der Waals surface area contributed by atoms with Gasteiger partial charge in [0.1, 0.15) is 12.2 Å². The van der Waals surface area contributed by atoms with Gasteiger partial charge in [-0.15, -0.1) is 5.10 Å². The molecule has 1 amide bonds. The van der Waals surface area contributed by atoms with E-state index in [1.165, 1.54) is 4.68 Å². The van der Waals surface area contributed by atoms with Crippen LogP contribution < -0.4 is 5.32 Å². The van der Waals surface area contributed by atoms with Crippen LogP contribution in [0.2, 0.25) is 5.02 Å². The molecule has 0 saturated carbocycles. The van der Waals surface area contributed by atoms with Crippen molar-refractivity contribution >= 4 is 17.5 Å². The summed E-state index contributed by atoms with van der Waals surface area (Å²) >= 11 is 5.90. The van der Waals surface area contributed by atoms with Gasteiger partial charge in [0.2, 0.25) is 5.91 Å². The second-order valence-corrected chi connectivity index (χ2v) is 5.18. The summed E-state index contributed by atoms with van der Waals surface area (Å²) < 4.78 is 1.40. The lowest BCUT2D eigenvalue weighted by Gasteiger charge is -2.05. The quantitative estimate of drug-likeness (QED) is 0.844. The largest absolute Gasteiger partial charge is 0.387 e. The van der Waals surface area contributed by atoms with Crippen LogP contribution in [0.3, 0.4) is 0 Å². The van der Waals surface area contributed by atoms with Crippen molar-refractivity contribution in [2.45, 2.75) is 26.0 Å². The molecule has 21 heavy (non-hydrogen) atoms. The van der Waals surface area contributed by atoms with E-state index < -0.39 is 6.10 Å². The summed E-state index contributed by atoms with van der Waals surface area (Å²) in [4.78, 5) is 11.8. The average Bonchev–Trinajstić information content (AvgIpc) is 2.87. The first-order valence-corrected chi connectivity index (χ1v) is 7.01. The fraction of sp³-hybridized carbons (Fsp3) is 0.357. The van der Waals surface area contributed by atoms with Crippen molar-refractivity contribution in [1.29, 1.82) is 0 Å². The maximum Gasteiger partial charge on any atom is 0.241 e. The van der Waals surface area contributed by atoms with E-state index in [2.05, 4.69) is 15.6 Å². The molecule has 0 bridgehead atoms. The van der Waals surface area contributed by atoms with Gasteiger partial charge in [0.15, 0.2) is 0 Å². The van der Waals surface area contributed by atoms with Crippen LogP contribution in [-0.4, -0.2) is 32.6 Å². The van der Waals surface area contributed by atoms with Crippen molar-refractivity contribution in [2.24, 2.45) is 0 Å². The molecule has 0 spiro atoms. The highest BCUT2D eigenvalue weighted by atomic mass is 35.5. The van der Waals surface area contributed by atoms with Crippen LogP contribution in [0.5, 0.6) is 0 Å². The molecule has 1 aromatic heterocycles. The topological polar surface area (TPSA) is 80.0 Å². The van der Waals surface area contributed by atoms with Gasteiger partial charge in [-0.05, 0) is 31.0 Å². The fourth-order valence-electron chi connectivity index (χ4n) is 1.82. The molecule has 1 atom stereocenters. The second kappa shape index (κ2) is 7.19. The van der Waals surface area contributed by atoms with Crippen LogP contribution in [0, 0.1) is 0 Å². The summed E-state index contributed by atoms with van der Waals surface area (Å²) in [5.74, 6) is -0.154. The molecule has 0 saturated heterocycles. The lowest BCUT2D eigenvalue weighted by atomic mass is 10.1. The second-order valence-electron chi connectivity index (χ2n) is 4.75. The Morgan fingerprint density at radius 2 is 2.33 bits per heavy atom. The Labute approximate surface area is 127 Å². The van der Waals surface area contributed by atoms with Crippen molar-refractivity contribution in [3.8, 4) is 0 Å². The Morgan fingerprint density at radius 1 is 1.52 bits per heavy atom. The Kier molecular flexibility index (Phi) is 5.30. The number of hydrogen-bond donors (Lipinski definition) is 2. The third-order valence-corrected chi connectivity index (χ3v) is 3.15. The first-order chi connectivity index (χ1) is 10.0. The molecule has 0 aliphatic carbocycles. The average molecular weight is 309 g/mol. The van der Waals surface area contributed by atoms with Gasteiger partial charge in [-0.25, -0.2) is 4.68 Å². The van der Waals surface area contributed by atoms with E-state index in [0.29, 0.717) is 23.7 Å². The van der Waals surface area contributed by atoms with Gasteiger partial charge in [0, 0.05) is 11.6 Å². The summed E-state index contributed by atoms with van der Waals surface area (Å²) in [5, 5.41) is 20.4. The van der Waals surface area contributed by atoms with Crippen molar-refractivity contribution in [3.05, 3.63) is 46.7 Å². The maximum atomic E-state index is 11.8. The number of aliphatic hydroxyl groups excluding tert-OH is 1. The third-order valence-electron chi connectivity index (χ3n) is 2.91. The summed E-state index contributed by atoms with van der Waals surface area (Å²) in [5.41, 5.74) is 1.52. The van der Waals surface area contributed by atoms with E-state index in [1.54, 1.807) is 13.1 Å². The molecule has 2 rings (SSSR count). The molecule has 0 aliphatic rings. The number of hydrogen-bond acceptors (Lipinski definition) is 4. The van der Waals surface area contributed by atoms with E-state index >= 15 is 0 Å². The van der Waals surface area contributed by atoms with Crippen LogP contribution in [-0.2, 0) is 17.8 Å². The molecule has 112 valence electrons. The highest BCUT2D eigenvalue weighted by Gasteiger charge is 2.08. The molecule has 0 aliphatic heterocycles. The Bertz CT molecular complexity index is 613. The van der Waals surface area contributed by atoms with E-state index in [4.69, 9.17) is 11.6 Å². The number of carbonyl (C=O) groups excluding carboxylic acids is 1. The summed E-state index contributed by atoms with van der Waals surface area (Å²) in [7, 11) is 0. The van der Waals surface area contributed by atoms with Gasteiger partial charge < -0.3 is 10.4 Å². The predicted octanol–water partition coefficient (Wildman–Crippen LogP) is 1.34. The highest BCUT2D eigenvalue weighted by Crippen LogP contribution is 2.10. The van der Waals surface area contributed by atoms with Crippen LogP contribution in [0.4, 0.5) is 0 Å². The van der Waals surface area contributed by atoms with Crippen molar-refractivity contribution < 1.29 is 9.90 Å². The zero-order valence-electron chi connectivity index (χ0n) is 11.7. The highest BCUT2D eigenvalue weighted by molar-refractivity contribution is 6.30. The number of amides is 1. The molecule has 7 heteroatoms. The first-order valence-electron chi connectivity index (χ1n) is 6.64. The zero-order valence-corrected chi connectivity index (χ0v) is 12.4. The normalized spacial score (nSPS) is 12.1. The lowest BCUT2D eigenvalue weighted by molar-refractivity contribution is -0.121. The molecule has 2 aromatic rings. The van der Waals surface area contributed by atoms with Gasteiger partial charge in [-0.2, -0.15) is 0 Å². The first kappa shape index (κ1) is 15.5. The Morgan fingerprint density at radius 3 is 3.00 bits per heavy atom. The molecule has 0 radical (unpaired) electrons. The van der Waals surface area contributed by atoms with Gasteiger partial charge >= 0.3 is 0 Å². The van der Waals surface area contributed by atoms with E-state index in [9.17, 15) is 9.90 Å². The van der Waals surface area contributed by atoms with E-state index in [-0.39, 0.29) is 12.5 Å². The third kappa shape index (κ3) is 4.84. The minimum absolute atomic E-state index is 0.0786. The number of rotatable bonds is 6. The molecule has 1 aromatic carbocycles. The van der Waals surface area contributed by atoms with Crippen molar-refractivity contribution in [2.75, 3.05) is 6.54 Å². The SMILES string of the molecule is CC(O)c1cn(CC(=O)NCCc2cccc(Cl)c2)nn1. The smallest absolute Gasteiger partial charge is 0.241 e. The fourth-order valence-corrected chi connectivity index (χ4v) is 2.04. The molecule has 1 heterocycles. The molecule has 2 N–H and O–H groups in total. The number of aliphatic hydroxyl groups is 1. The Balaban J connectivity index is 1.77. The summed E-state index contributed by atoms with van der Waals surface area (Å²) in [6.45, 7) is 2.20. The monoisotopic (exact) mass is 308 g/mol. The zero-order chi connectivity index (χ0) is 15.2. The molecular formula is C14H17ClN4O2. The molecule has 6 nitrogen and oxygen atoms in total. The Hall–Kier alpha value is -1.92. The maximum absolute atomic E-state index is 11.8. The number of halogens is 1. The number of benzene rings is 1. The number of aromatic nitrogens is 3. The van der Waals surface area contributed by atoms with E-state index in [0.717, 1.165) is 5.56 Å². The van der Waals surface area contributed by atoms with Crippen LogP contribution in [0.1, 0.15) is 24.3 Å². The summed E-state index contributed by atoms with van der Waals surface area (Å²) in [6, 6.07) is 7.53. The number of nitrogens with zero attached hydrogens (tertiary/aromatic N) is 3. The van der Waals surface area contributed by atoms with Gasteiger partial charge in [0.25, 0.3) is 0 Å². The van der Waals surface area contributed by atoms with Crippen LogP contribution in [0.25, 0.3) is 0 Å². The lowest BCUT2D eigenvalue weighted by Crippen LogP contribution is -2.29.